The van der Waals surface area contributed by atoms with Gasteiger partial charge in [0, 0.05) is 24.5 Å². The van der Waals surface area contributed by atoms with Gasteiger partial charge in [0.25, 0.3) is 0 Å². The Morgan fingerprint density at radius 1 is 1.19 bits per heavy atom. The summed E-state index contributed by atoms with van der Waals surface area (Å²) < 4.78 is 0. The van der Waals surface area contributed by atoms with Gasteiger partial charge >= 0.3 is 0 Å². The van der Waals surface area contributed by atoms with Crippen LogP contribution in [0.2, 0.25) is 0 Å². The van der Waals surface area contributed by atoms with Crippen LogP contribution in [0.3, 0.4) is 0 Å². The number of aryl methyl sites for hydroxylation is 1. The average molecular weight is 312 g/mol. The molecule has 0 bridgehead atoms. The standard InChI is InChI=1S/C17H33N3S/c1-7-10-15-16(12-18-11-13(4)5)21-17(19-15)20(6)14(8-2)9-3/h13-14,18H,7-12H2,1-6H3. The Hall–Kier alpha value is -0.610. The zero-order valence-electron chi connectivity index (χ0n) is 14.7. The largest absolute Gasteiger partial charge is 0.348 e. The molecule has 0 aliphatic heterocycles. The van der Waals surface area contributed by atoms with Crippen LogP contribution in [0, 0.1) is 5.92 Å². The van der Waals surface area contributed by atoms with Crippen molar-refractivity contribution in [2.45, 2.75) is 72.9 Å². The third-order valence-electron chi connectivity index (χ3n) is 3.88. The average Bonchev–Trinajstić information content (AvgIpc) is 2.83. The normalized spacial score (nSPS) is 11.6. The molecule has 0 aliphatic rings. The summed E-state index contributed by atoms with van der Waals surface area (Å²) in [6.45, 7) is 13.3. The minimum Gasteiger partial charge on any atom is -0.348 e. The second-order valence-electron chi connectivity index (χ2n) is 6.22. The Labute approximate surface area is 135 Å². The molecule has 0 fully saturated rings. The second-order valence-corrected chi connectivity index (χ2v) is 7.28. The van der Waals surface area contributed by atoms with Crippen LogP contribution >= 0.6 is 11.3 Å². The first-order valence-corrected chi connectivity index (χ1v) is 9.27. The minimum absolute atomic E-state index is 0.599. The first kappa shape index (κ1) is 18.4. The van der Waals surface area contributed by atoms with Gasteiger partial charge in [0.1, 0.15) is 0 Å². The summed E-state index contributed by atoms with van der Waals surface area (Å²) in [5, 5.41) is 4.75. The van der Waals surface area contributed by atoms with Crippen LogP contribution in [0.4, 0.5) is 5.13 Å². The van der Waals surface area contributed by atoms with E-state index >= 15 is 0 Å². The summed E-state index contributed by atoms with van der Waals surface area (Å²) >= 11 is 1.87. The molecule has 0 unspecified atom stereocenters. The van der Waals surface area contributed by atoms with Crippen LogP contribution in [-0.2, 0) is 13.0 Å². The molecule has 1 N–H and O–H groups in total. The number of aromatic nitrogens is 1. The van der Waals surface area contributed by atoms with Gasteiger partial charge in [0.05, 0.1) is 5.69 Å². The van der Waals surface area contributed by atoms with Crippen LogP contribution in [0.15, 0.2) is 0 Å². The highest BCUT2D eigenvalue weighted by molar-refractivity contribution is 7.15. The summed E-state index contributed by atoms with van der Waals surface area (Å²) in [6.07, 6.45) is 4.61. The van der Waals surface area contributed by atoms with E-state index in [9.17, 15) is 0 Å². The molecule has 1 heterocycles. The van der Waals surface area contributed by atoms with E-state index in [1.165, 1.54) is 28.5 Å². The molecular formula is C17H33N3S. The summed E-state index contributed by atoms with van der Waals surface area (Å²) in [6, 6.07) is 0.599. The minimum atomic E-state index is 0.599. The maximum atomic E-state index is 4.92. The van der Waals surface area contributed by atoms with Crippen LogP contribution in [0.25, 0.3) is 0 Å². The zero-order chi connectivity index (χ0) is 15.8. The first-order valence-electron chi connectivity index (χ1n) is 8.45. The van der Waals surface area contributed by atoms with Crippen molar-refractivity contribution in [3.63, 3.8) is 0 Å². The lowest BCUT2D eigenvalue weighted by atomic mass is 10.1. The number of rotatable bonds is 10. The fourth-order valence-electron chi connectivity index (χ4n) is 2.56. The molecule has 1 aromatic rings. The van der Waals surface area contributed by atoms with Gasteiger partial charge in [-0.05, 0) is 31.7 Å². The van der Waals surface area contributed by atoms with Crippen molar-refractivity contribution in [2.24, 2.45) is 5.92 Å². The van der Waals surface area contributed by atoms with Crippen molar-refractivity contribution < 1.29 is 0 Å². The lowest BCUT2D eigenvalue weighted by Crippen LogP contribution is -2.30. The van der Waals surface area contributed by atoms with E-state index in [2.05, 4.69) is 51.9 Å². The molecule has 0 aromatic carbocycles. The number of nitrogens with one attached hydrogen (secondary N) is 1. The summed E-state index contributed by atoms with van der Waals surface area (Å²) in [5.41, 5.74) is 1.30. The molecule has 21 heavy (non-hydrogen) atoms. The van der Waals surface area contributed by atoms with Crippen LogP contribution in [0.5, 0.6) is 0 Å². The topological polar surface area (TPSA) is 28.2 Å². The Kier molecular flexibility index (Phi) is 8.27. The Morgan fingerprint density at radius 3 is 2.38 bits per heavy atom. The third-order valence-corrected chi connectivity index (χ3v) is 5.07. The van der Waals surface area contributed by atoms with E-state index in [4.69, 9.17) is 4.98 Å². The van der Waals surface area contributed by atoms with Gasteiger partial charge in [-0.25, -0.2) is 4.98 Å². The predicted molar refractivity (Wildman–Crippen MR) is 95.4 cm³/mol. The highest BCUT2D eigenvalue weighted by Crippen LogP contribution is 2.29. The van der Waals surface area contributed by atoms with E-state index in [1.807, 2.05) is 11.3 Å². The SMILES string of the molecule is CCCc1nc(N(C)C(CC)CC)sc1CNCC(C)C. The molecule has 0 saturated carbocycles. The molecule has 0 spiro atoms. The molecule has 0 radical (unpaired) electrons. The fourth-order valence-corrected chi connectivity index (χ4v) is 3.67. The fraction of sp³-hybridized carbons (Fsp3) is 0.824. The van der Waals surface area contributed by atoms with Crippen molar-refractivity contribution in [3.8, 4) is 0 Å². The summed E-state index contributed by atoms with van der Waals surface area (Å²) in [4.78, 5) is 8.71. The van der Waals surface area contributed by atoms with Gasteiger partial charge in [0.2, 0.25) is 0 Å². The number of anilines is 1. The Bertz CT molecular complexity index is 397. The molecule has 4 heteroatoms. The molecule has 0 saturated heterocycles. The summed E-state index contributed by atoms with van der Waals surface area (Å²) in [5.74, 6) is 0.694. The lowest BCUT2D eigenvalue weighted by Gasteiger charge is -2.25. The molecule has 0 amide bonds. The van der Waals surface area contributed by atoms with Crippen molar-refractivity contribution in [1.82, 2.24) is 10.3 Å². The maximum absolute atomic E-state index is 4.92. The molecule has 1 aromatic heterocycles. The number of hydrogen-bond donors (Lipinski definition) is 1. The number of thiazole rings is 1. The monoisotopic (exact) mass is 311 g/mol. The molecule has 1 rings (SSSR count). The van der Waals surface area contributed by atoms with Gasteiger partial charge in [-0.15, -0.1) is 11.3 Å². The highest BCUT2D eigenvalue weighted by atomic mass is 32.1. The van der Waals surface area contributed by atoms with E-state index in [0.717, 1.165) is 25.9 Å². The van der Waals surface area contributed by atoms with Crippen molar-refractivity contribution in [1.29, 1.82) is 0 Å². The van der Waals surface area contributed by atoms with E-state index in [-0.39, 0.29) is 0 Å². The predicted octanol–water partition coefficient (Wildman–Crippen LogP) is 4.47. The van der Waals surface area contributed by atoms with Crippen molar-refractivity contribution in [3.05, 3.63) is 10.6 Å². The van der Waals surface area contributed by atoms with E-state index in [0.29, 0.717) is 12.0 Å². The maximum Gasteiger partial charge on any atom is 0.185 e. The third kappa shape index (κ3) is 5.59. The van der Waals surface area contributed by atoms with E-state index < -0.39 is 0 Å². The van der Waals surface area contributed by atoms with Gasteiger partial charge in [-0.1, -0.05) is 41.0 Å². The molecule has 122 valence electrons. The van der Waals surface area contributed by atoms with Gasteiger partial charge in [-0.3, -0.25) is 0 Å². The Morgan fingerprint density at radius 2 is 1.86 bits per heavy atom. The van der Waals surface area contributed by atoms with E-state index in [1.54, 1.807) is 0 Å². The molecular weight excluding hydrogens is 278 g/mol. The van der Waals surface area contributed by atoms with Gasteiger partial charge < -0.3 is 10.2 Å². The van der Waals surface area contributed by atoms with Crippen molar-refractivity contribution >= 4 is 16.5 Å². The smallest absolute Gasteiger partial charge is 0.185 e. The second kappa shape index (κ2) is 9.42. The Balaban J connectivity index is 2.82. The zero-order valence-corrected chi connectivity index (χ0v) is 15.5. The first-order chi connectivity index (χ1) is 10.0. The summed E-state index contributed by atoms with van der Waals surface area (Å²) in [7, 11) is 2.19. The van der Waals surface area contributed by atoms with Crippen molar-refractivity contribution in [2.75, 3.05) is 18.5 Å². The van der Waals surface area contributed by atoms with Gasteiger partial charge in [-0.2, -0.15) is 0 Å². The van der Waals surface area contributed by atoms with Crippen LogP contribution < -0.4 is 10.2 Å². The van der Waals surface area contributed by atoms with Crippen LogP contribution in [-0.4, -0.2) is 24.6 Å². The van der Waals surface area contributed by atoms with Gasteiger partial charge in [0.15, 0.2) is 5.13 Å². The molecule has 3 nitrogen and oxygen atoms in total. The number of nitrogens with zero attached hydrogens (tertiary/aromatic N) is 2. The molecule has 0 aliphatic carbocycles. The quantitative estimate of drug-likeness (QED) is 0.691. The molecule has 0 atom stereocenters. The lowest BCUT2D eigenvalue weighted by molar-refractivity contribution is 0.553. The van der Waals surface area contributed by atoms with Crippen LogP contribution in [0.1, 0.15) is 64.5 Å². The highest BCUT2D eigenvalue weighted by Gasteiger charge is 2.17. The number of hydrogen-bond acceptors (Lipinski definition) is 4.